The molecule has 0 fully saturated rings. The summed E-state index contributed by atoms with van der Waals surface area (Å²) in [6.45, 7) is 2.86. The van der Waals surface area contributed by atoms with Crippen molar-refractivity contribution in [3.8, 4) is 11.4 Å². The predicted octanol–water partition coefficient (Wildman–Crippen LogP) is 5.26. The zero-order valence-corrected chi connectivity index (χ0v) is 15.6. The molecule has 0 unspecified atom stereocenters. The van der Waals surface area contributed by atoms with Gasteiger partial charge in [-0.05, 0) is 30.3 Å². The Hall–Kier alpha value is -2.77. The monoisotopic (exact) mass is 395 g/mol. The molecule has 2 rings (SSSR count). The highest BCUT2D eigenvalue weighted by atomic mass is 19.3. The Morgan fingerprint density at radius 1 is 1.14 bits per heavy atom. The predicted molar refractivity (Wildman–Crippen MR) is 98.9 cm³/mol. The van der Waals surface area contributed by atoms with Gasteiger partial charge >= 0.3 is 0 Å². The largest absolute Gasteiger partial charge is 0.380 e. The summed E-state index contributed by atoms with van der Waals surface area (Å²) in [5.41, 5.74) is -1.02. The van der Waals surface area contributed by atoms with Crippen LogP contribution in [0.1, 0.15) is 54.1 Å². The van der Waals surface area contributed by atoms with Crippen molar-refractivity contribution in [2.75, 3.05) is 13.6 Å². The fourth-order valence-electron chi connectivity index (χ4n) is 2.56. The molecular weight excluding hydrogens is 374 g/mol. The van der Waals surface area contributed by atoms with Crippen LogP contribution in [0.4, 0.5) is 17.6 Å². The molecule has 0 bridgehead atoms. The average Bonchev–Trinajstić information content (AvgIpc) is 2.69. The minimum atomic E-state index is -2.77. The Kier molecular flexibility index (Phi) is 7.66. The fraction of sp³-hybridized carbons (Fsp3) is 0.350. The Balaban J connectivity index is 2.39. The lowest BCUT2D eigenvalue weighted by molar-refractivity contribution is 0.111. The summed E-state index contributed by atoms with van der Waals surface area (Å²) in [7, 11) is 1.83. The first-order valence-corrected chi connectivity index (χ1v) is 8.85. The molecule has 0 aliphatic carbocycles. The van der Waals surface area contributed by atoms with Crippen LogP contribution in [0.5, 0.6) is 0 Å². The molecule has 1 aromatic heterocycles. The zero-order valence-electron chi connectivity index (χ0n) is 15.6. The van der Waals surface area contributed by atoms with Crippen molar-refractivity contribution < 1.29 is 22.4 Å². The van der Waals surface area contributed by atoms with Crippen LogP contribution in [-0.2, 0) is 0 Å². The van der Waals surface area contributed by atoms with Crippen molar-refractivity contribution >= 4 is 12.4 Å². The van der Waals surface area contributed by atoms with E-state index in [1.54, 1.807) is 6.20 Å². The van der Waals surface area contributed by atoms with Crippen LogP contribution in [-0.4, -0.2) is 34.7 Å². The van der Waals surface area contributed by atoms with E-state index in [4.69, 9.17) is 0 Å². The van der Waals surface area contributed by atoms with Crippen LogP contribution in [0.3, 0.4) is 0 Å². The molecule has 28 heavy (non-hydrogen) atoms. The molecule has 1 heterocycles. The summed E-state index contributed by atoms with van der Waals surface area (Å²) < 4.78 is 54.0. The number of aromatic nitrogens is 2. The van der Waals surface area contributed by atoms with Gasteiger partial charge in [-0.25, -0.2) is 27.5 Å². The molecule has 0 radical (unpaired) electrons. The van der Waals surface area contributed by atoms with Gasteiger partial charge in [0, 0.05) is 26.0 Å². The van der Waals surface area contributed by atoms with Gasteiger partial charge in [0.2, 0.25) is 0 Å². The number of hydrogen-bond donors (Lipinski definition) is 0. The van der Waals surface area contributed by atoms with E-state index >= 15 is 0 Å². The minimum absolute atomic E-state index is 0.146. The van der Waals surface area contributed by atoms with E-state index in [-0.39, 0.29) is 23.2 Å². The van der Waals surface area contributed by atoms with Crippen molar-refractivity contribution in [3.63, 3.8) is 0 Å². The molecule has 0 spiro atoms. The summed E-state index contributed by atoms with van der Waals surface area (Å²) in [6, 6.07) is 1.23. The quantitative estimate of drug-likeness (QED) is 0.330. The topological polar surface area (TPSA) is 46.1 Å². The second kappa shape index (κ2) is 9.96. The van der Waals surface area contributed by atoms with Gasteiger partial charge in [0.05, 0.1) is 16.7 Å². The molecule has 0 saturated heterocycles. The van der Waals surface area contributed by atoms with Gasteiger partial charge in [-0.1, -0.05) is 19.8 Å². The van der Waals surface area contributed by atoms with E-state index < -0.39 is 29.2 Å². The number of carbonyl (C=O) groups is 1. The average molecular weight is 395 g/mol. The van der Waals surface area contributed by atoms with Crippen LogP contribution in [0.2, 0.25) is 0 Å². The molecule has 0 aliphatic rings. The molecule has 0 aliphatic heterocycles. The number of carbonyl (C=O) groups excluding carboxylic acids is 1. The molecule has 4 nitrogen and oxygen atoms in total. The van der Waals surface area contributed by atoms with Gasteiger partial charge in [-0.3, -0.25) is 4.79 Å². The van der Waals surface area contributed by atoms with Gasteiger partial charge in [-0.15, -0.1) is 0 Å². The standard InChI is InChI=1S/C20H21F4N3O/c1-3-4-5-7-27(2)8-6-13-9-15(17(21)18(22)16(13)12-28)20-25-10-14(11-26-20)19(23)24/h6,8-12,19H,3-5,7H2,1-2H3/b8-6-. The van der Waals surface area contributed by atoms with Crippen molar-refractivity contribution in [1.82, 2.24) is 14.9 Å². The number of rotatable bonds is 9. The first kappa shape index (κ1) is 21.5. The summed E-state index contributed by atoms with van der Waals surface area (Å²) in [5, 5.41) is 0. The number of nitrogens with zero attached hydrogens (tertiary/aromatic N) is 3. The van der Waals surface area contributed by atoms with Crippen LogP contribution in [0.25, 0.3) is 17.5 Å². The maximum absolute atomic E-state index is 14.4. The smallest absolute Gasteiger partial charge is 0.266 e. The lowest BCUT2D eigenvalue weighted by Gasteiger charge is -2.14. The molecule has 0 amide bonds. The number of halogens is 4. The van der Waals surface area contributed by atoms with Gasteiger partial charge in [-0.2, -0.15) is 0 Å². The fourth-order valence-corrected chi connectivity index (χ4v) is 2.56. The van der Waals surface area contributed by atoms with Gasteiger partial charge in [0.15, 0.2) is 23.7 Å². The van der Waals surface area contributed by atoms with Gasteiger partial charge in [0.25, 0.3) is 6.43 Å². The molecule has 8 heteroatoms. The molecule has 1 aromatic carbocycles. The first-order chi connectivity index (χ1) is 13.4. The highest BCUT2D eigenvalue weighted by Crippen LogP contribution is 2.28. The van der Waals surface area contributed by atoms with Crippen LogP contribution < -0.4 is 0 Å². The summed E-state index contributed by atoms with van der Waals surface area (Å²) in [5.74, 6) is -2.88. The number of aldehydes is 1. The highest BCUT2D eigenvalue weighted by Gasteiger charge is 2.20. The first-order valence-electron chi connectivity index (χ1n) is 8.85. The Morgan fingerprint density at radius 2 is 1.82 bits per heavy atom. The third-order valence-corrected chi connectivity index (χ3v) is 4.18. The van der Waals surface area contributed by atoms with Gasteiger partial charge in [0.1, 0.15) is 0 Å². The van der Waals surface area contributed by atoms with Crippen molar-refractivity contribution in [3.05, 3.63) is 53.0 Å². The molecule has 2 aromatic rings. The normalized spacial score (nSPS) is 11.4. The third kappa shape index (κ3) is 5.15. The van der Waals surface area contributed by atoms with E-state index in [1.807, 2.05) is 11.9 Å². The SMILES string of the molecule is CCCCCN(C)/C=C\c1cc(-c2ncc(C(F)F)cn2)c(F)c(F)c1C=O. The molecule has 0 atom stereocenters. The number of alkyl halides is 2. The molecule has 150 valence electrons. The maximum Gasteiger partial charge on any atom is 0.266 e. The van der Waals surface area contributed by atoms with Crippen LogP contribution in [0.15, 0.2) is 24.7 Å². The van der Waals surface area contributed by atoms with Crippen LogP contribution in [0, 0.1) is 11.6 Å². The van der Waals surface area contributed by atoms with E-state index in [2.05, 4.69) is 16.9 Å². The van der Waals surface area contributed by atoms with Crippen LogP contribution >= 0.6 is 0 Å². The number of unbranched alkanes of at least 4 members (excludes halogenated alkanes) is 2. The van der Waals surface area contributed by atoms with Gasteiger partial charge < -0.3 is 4.90 Å². The molecular formula is C20H21F4N3O. The lowest BCUT2D eigenvalue weighted by Crippen LogP contribution is -2.12. The lowest BCUT2D eigenvalue weighted by atomic mass is 10.0. The summed E-state index contributed by atoms with van der Waals surface area (Å²) in [4.78, 5) is 20.5. The Labute approximate surface area is 160 Å². The minimum Gasteiger partial charge on any atom is -0.380 e. The van der Waals surface area contributed by atoms with E-state index in [9.17, 15) is 22.4 Å². The van der Waals surface area contributed by atoms with Crippen molar-refractivity contribution in [1.29, 1.82) is 0 Å². The third-order valence-electron chi connectivity index (χ3n) is 4.18. The Bertz CT molecular complexity index is 838. The second-order valence-corrected chi connectivity index (χ2v) is 6.32. The highest BCUT2D eigenvalue weighted by molar-refractivity contribution is 5.84. The molecule has 0 N–H and O–H groups in total. The zero-order chi connectivity index (χ0) is 20.7. The number of hydrogen-bond acceptors (Lipinski definition) is 4. The van der Waals surface area contributed by atoms with E-state index in [1.165, 1.54) is 12.1 Å². The van der Waals surface area contributed by atoms with E-state index in [0.29, 0.717) is 0 Å². The van der Waals surface area contributed by atoms with Crippen molar-refractivity contribution in [2.45, 2.75) is 32.6 Å². The Morgan fingerprint density at radius 3 is 2.39 bits per heavy atom. The maximum atomic E-state index is 14.4. The van der Waals surface area contributed by atoms with E-state index in [0.717, 1.165) is 38.2 Å². The summed E-state index contributed by atoms with van der Waals surface area (Å²) >= 11 is 0. The van der Waals surface area contributed by atoms with Crippen molar-refractivity contribution in [2.24, 2.45) is 0 Å². The summed E-state index contributed by atoms with van der Waals surface area (Å²) in [6.07, 6.45) is 5.46. The number of benzene rings is 1. The second-order valence-electron chi connectivity index (χ2n) is 6.32. The molecule has 0 saturated carbocycles.